The number of piperidine rings is 1. The number of benzene rings is 1. The number of methoxy groups -OCH3 is 1. The molecule has 1 N–H and O–H groups in total. The van der Waals surface area contributed by atoms with E-state index >= 15 is 0 Å². The third kappa shape index (κ3) is 3.43. The maximum Gasteiger partial charge on any atom is 0.320 e. The summed E-state index contributed by atoms with van der Waals surface area (Å²) in [5, 5.41) is 3.36. The molecule has 4 fully saturated rings. The van der Waals surface area contributed by atoms with Crippen LogP contribution < -0.4 is 10.1 Å². The molecule has 0 unspecified atom stereocenters. The third-order valence-corrected chi connectivity index (χ3v) is 7.13. The Hall–Kier alpha value is -2.28. The second-order valence-corrected chi connectivity index (χ2v) is 9.37. The first-order chi connectivity index (χ1) is 15.6. The number of rotatable bonds is 3. The van der Waals surface area contributed by atoms with E-state index in [4.69, 9.17) is 13.6 Å². The van der Waals surface area contributed by atoms with Gasteiger partial charge in [-0.1, -0.05) is 12.6 Å². The zero-order valence-electron chi connectivity index (χ0n) is 20.0. The summed E-state index contributed by atoms with van der Waals surface area (Å²) < 4.78 is 47.2. The number of urea groups is 1. The Kier molecular flexibility index (Phi) is 4.08. The van der Waals surface area contributed by atoms with Crippen molar-refractivity contribution < 1.29 is 22.8 Å². The minimum atomic E-state index is -2.61. The lowest BCUT2D eigenvalue weighted by Crippen LogP contribution is -2.68. The highest BCUT2D eigenvalue weighted by molar-refractivity contribution is 5.76. The highest BCUT2D eigenvalue weighted by Crippen LogP contribution is 2.53. The zero-order valence-corrected chi connectivity index (χ0v) is 17.0. The van der Waals surface area contributed by atoms with E-state index in [0.717, 1.165) is 38.0 Å². The molecule has 6 nitrogen and oxygen atoms in total. The van der Waals surface area contributed by atoms with Crippen molar-refractivity contribution in [2.24, 2.45) is 11.3 Å². The van der Waals surface area contributed by atoms with Crippen LogP contribution in [-0.4, -0.2) is 67.8 Å². The molecular formula is C23H30FN3O3. The maximum absolute atomic E-state index is 14.4. The highest BCUT2D eigenvalue weighted by atomic mass is 19.1. The van der Waals surface area contributed by atoms with Gasteiger partial charge in [0.15, 0.2) is 0 Å². The van der Waals surface area contributed by atoms with Crippen molar-refractivity contribution in [2.75, 3.05) is 39.8 Å². The molecule has 162 valence electrons. The van der Waals surface area contributed by atoms with Crippen LogP contribution >= 0.6 is 0 Å². The van der Waals surface area contributed by atoms with Gasteiger partial charge in [0.2, 0.25) is 0 Å². The van der Waals surface area contributed by atoms with E-state index in [9.17, 15) is 9.18 Å². The van der Waals surface area contributed by atoms with Gasteiger partial charge in [-0.25, -0.2) is 9.18 Å². The normalized spacial score (nSPS) is 29.6. The van der Waals surface area contributed by atoms with Crippen molar-refractivity contribution >= 4 is 6.03 Å². The van der Waals surface area contributed by atoms with Gasteiger partial charge in [0.1, 0.15) is 11.6 Å². The van der Waals surface area contributed by atoms with E-state index in [0.29, 0.717) is 31.7 Å². The Bertz CT molecular complexity index is 943. The number of halogens is 1. The molecule has 0 radical (unpaired) electrons. The van der Waals surface area contributed by atoms with Crippen LogP contribution in [0.1, 0.15) is 28.9 Å². The van der Waals surface area contributed by atoms with E-state index in [1.165, 1.54) is 18.2 Å². The number of amides is 2. The van der Waals surface area contributed by atoms with Gasteiger partial charge in [0.25, 0.3) is 0 Å². The molecule has 1 saturated carbocycles. The molecule has 7 heteroatoms. The van der Waals surface area contributed by atoms with Crippen LogP contribution in [0.2, 0.25) is 0 Å². The topological polar surface area (TPSA) is 54.0 Å². The molecule has 1 aromatic carbocycles. The Morgan fingerprint density at radius 3 is 3.07 bits per heavy atom. The number of carbonyl (C=O) groups excluding carboxylic acids is 1. The van der Waals surface area contributed by atoms with E-state index in [1.807, 2.05) is 9.80 Å². The lowest BCUT2D eigenvalue weighted by Gasteiger charge is -2.60. The van der Waals surface area contributed by atoms with Crippen LogP contribution in [0.4, 0.5) is 9.18 Å². The molecule has 4 aliphatic rings. The molecule has 1 spiro atoms. The number of ether oxygens (including phenoxy) is 2. The van der Waals surface area contributed by atoms with E-state index in [1.54, 1.807) is 0 Å². The summed E-state index contributed by atoms with van der Waals surface area (Å²) in [5.41, 5.74) is 1.29. The number of hydrogen-bond donors (Lipinski definition) is 1. The number of nitrogens with zero attached hydrogens (tertiary/aromatic N) is 2. The average Bonchev–Trinajstić information content (AvgIpc) is 2.68. The second kappa shape index (κ2) is 7.45. The van der Waals surface area contributed by atoms with Crippen LogP contribution in [0.15, 0.2) is 30.5 Å². The molecule has 3 heterocycles. The Balaban J connectivity index is 1.12. The van der Waals surface area contributed by atoms with Crippen LogP contribution in [0.3, 0.4) is 0 Å². The number of hydrogen-bond acceptors (Lipinski definition) is 4. The van der Waals surface area contributed by atoms with Crippen molar-refractivity contribution in [1.82, 2.24) is 15.1 Å². The van der Waals surface area contributed by atoms with Gasteiger partial charge in [0, 0.05) is 42.9 Å². The molecule has 5 rings (SSSR count). The standard InChI is InChI=1S/C23H30FN3O3/c1-15-12-30-21-6-7-26(11-19(21)25-15)22(28)27-13-23(14-27)9-16(10-23)8-17-18(24)4-3-5-20(17)29-2/h3-5,16,19,21,25H,1,6-14H2,2H3/t19-,21+/m1/s1/i2T3. The van der Waals surface area contributed by atoms with E-state index in [2.05, 4.69) is 11.9 Å². The summed E-state index contributed by atoms with van der Waals surface area (Å²) in [6.07, 6.45) is 3.20. The number of likely N-dealkylation sites (tertiary alicyclic amines) is 2. The van der Waals surface area contributed by atoms with Crippen molar-refractivity contribution in [3.8, 4) is 5.75 Å². The first kappa shape index (κ1) is 16.4. The van der Waals surface area contributed by atoms with Crippen molar-refractivity contribution in [2.45, 2.75) is 37.8 Å². The van der Waals surface area contributed by atoms with E-state index in [-0.39, 0.29) is 35.3 Å². The molecule has 2 amide bonds. The molecule has 0 aromatic heterocycles. The van der Waals surface area contributed by atoms with Gasteiger partial charge >= 0.3 is 6.03 Å². The summed E-state index contributed by atoms with van der Waals surface area (Å²) in [4.78, 5) is 16.8. The zero-order chi connectivity index (χ0) is 23.4. The number of fused-ring (bicyclic) bond motifs is 1. The molecule has 30 heavy (non-hydrogen) atoms. The number of carbonyl (C=O) groups is 1. The first-order valence-corrected chi connectivity index (χ1v) is 10.7. The Labute approximate surface area is 181 Å². The smallest absolute Gasteiger partial charge is 0.320 e. The lowest BCUT2D eigenvalue weighted by atomic mass is 9.56. The molecule has 1 aliphatic carbocycles. The van der Waals surface area contributed by atoms with Gasteiger partial charge in [-0.3, -0.25) is 0 Å². The second-order valence-electron chi connectivity index (χ2n) is 9.37. The van der Waals surface area contributed by atoms with Crippen LogP contribution in [-0.2, 0) is 11.2 Å². The summed E-state index contributed by atoms with van der Waals surface area (Å²) in [6, 6.07) is 4.48. The fourth-order valence-corrected chi connectivity index (χ4v) is 5.74. The fourth-order valence-electron chi connectivity index (χ4n) is 5.74. The van der Waals surface area contributed by atoms with Crippen LogP contribution in [0.25, 0.3) is 0 Å². The number of morpholine rings is 1. The van der Waals surface area contributed by atoms with E-state index < -0.39 is 12.9 Å². The Morgan fingerprint density at radius 1 is 1.43 bits per heavy atom. The molecular weight excluding hydrogens is 385 g/mol. The third-order valence-electron chi connectivity index (χ3n) is 7.13. The minimum Gasteiger partial charge on any atom is -0.496 e. The van der Waals surface area contributed by atoms with Crippen molar-refractivity contribution in [3.05, 3.63) is 41.9 Å². The fraction of sp³-hybridized carbons (Fsp3) is 0.609. The predicted molar refractivity (Wildman–Crippen MR) is 111 cm³/mol. The molecule has 3 aliphatic heterocycles. The van der Waals surface area contributed by atoms with Gasteiger partial charge in [-0.15, -0.1) is 0 Å². The highest BCUT2D eigenvalue weighted by Gasteiger charge is 2.54. The molecule has 2 atom stereocenters. The Morgan fingerprint density at radius 2 is 2.27 bits per heavy atom. The summed E-state index contributed by atoms with van der Waals surface area (Å²) in [6.45, 7) is 7.22. The van der Waals surface area contributed by atoms with Crippen molar-refractivity contribution in [1.29, 1.82) is 0 Å². The first-order valence-electron chi connectivity index (χ1n) is 12.2. The maximum atomic E-state index is 14.4. The molecule has 3 saturated heterocycles. The minimum absolute atomic E-state index is 0.0722. The largest absolute Gasteiger partial charge is 0.496 e. The van der Waals surface area contributed by atoms with Gasteiger partial charge in [0.05, 0.1) is 29.9 Å². The SMILES string of the molecule is [3H]C([3H])([3H])Oc1cccc(F)c1CC1CC2(C1)CN(C(=O)N1CC[C@@H]3OCC(=C)N[C@@H]3C1)C2. The number of nitrogens with one attached hydrogen (secondary N) is 1. The average molecular weight is 422 g/mol. The lowest BCUT2D eigenvalue weighted by molar-refractivity contribution is -0.0816. The molecule has 1 aromatic rings. The van der Waals surface area contributed by atoms with Crippen LogP contribution in [0, 0.1) is 17.2 Å². The van der Waals surface area contributed by atoms with Gasteiger partial charge in [-0.2, -0.15) is 0 Å². The summed E-state index contributed by atoms with van der Waals surface area (Å²) >= 11 is 0. The summed E-state index contributed by atoms with van der Waals surface area (Å²) in [5.74, 6) is -0.0919. The molecule has 0 bridgehead atoms. The van der Waals surface area contributed by atoms with Gasteiger partial charge in [-0.05, 0) is 43.7 Å². The monoisotopic (exact) mass is 421 g/mol. The summed E-state index contributed by atoms with van der Waals surface area (Å²) in [7, 11) is -2.61. The van der Waals surface area contributed by atoms with Crippen molar-refractivity contribution in [3.63, 3.8) is 0 Å². The quantitative estimate of drug-likeness (QED) is 0.816. The van der Waals surface area contributed by atoms with Gasteiger partial charge < -0.3 is 24.6 Å². The van der Waals surface area contributed by atoms with Crippen LogP contribution in [0.5, 0.6) is 5.75 Å². The predicted octanol–water partition coefficient (Wildman–Crippen LogP) is 2.79.